The third-order valence-electron chi connectivity index (χ3n) is 5.89. The second kappa shape index (κ2) is 13.1. The van der Waals surface area contributed by atoms with E-state index < -0.39 is 34.7 Å². The van der Waals surface area contributed by atoms with Gasteiger partial charge in [0.2, 0.25) is 0 Å². The van der Waals surface area contributed by atoms with E-state index in [4.69, 9.17) is 14.2 Å². The van der Waals surface area contributed by atoms with Crippen LogP contribution in [0.3, 0.4) is 0 Å². The van der Waals surface area contributed by atoms with Crippen LogP contribution in [0.25, 0.3) is 0 Å². The van der Waals surface area contributed by atoms with E-state index in [2.05, 4.69) is 0 Å². The van der Waals surface area contributed by atoms with Crippen molar-refractivity contribution in [2.24, 2.45) is 0 Å². The molecule has 1 fully saturated rings. The van der Waals surface area contributed by atoms with Gasteiger partial charge in [-0.25, -0.2) is 4.79 Å². The summed E-state index contributed by atoms with van der Waals surface area (Å²) in [4.78, 5) is 37.3. The number of rotatable bonds is 10. The number of amides is 1. The number of likely N-dealkylation sites (tertiary alicyclic amines) is 1. The molecular weight excluding hydrogens is 512 g/mol. The molecule has 0 aliphatic carbocycles. The van der Waals surface area contributed by atoms with Crippen LogP contribution in [-0.4, -0.2) is 63.6 Å². The Morgan fingerprint density at radius 2 is 1.82 bits per heavy atom. The molecule has 11 heteroatoms. The molecule has 1 heterocycles. The highest BCUT2D eigenvalue weighted by atomic mass is 32.2. The van der Waals surface area contributed by atoms with Gasteiger partial charge in [0.25, 0.3) is 5.69 Å². The number of carbonyl (C=O) groups is 2. The van der Waals surface area contributed by atoms with Crippen molar-refractivity contribution in [3.05, 3.63) is 75.8 Å². The number of methoxy groups -OCH3 is 1. The quantitative estimate of drug-likeness (QED) is 0.192. The zero-order valence-electron chi connectivity index (χ0n) is 21.9. The summed E-state index contributed by atoms with van der Waals surface area (Å²) < 4.78 is 16.5. The highest BCUT2D eigenvalue weighted by molar-refractivity contribution is 8.00. The SMILES string of the molecule is COC(S[C@H]1C[C@@H](C(O)CC(=O)OC(C)(C)C)N(C(=O)OCc2ccc([N+](=O)[O-])cc2)C1)c1ccccc1. The third-order valence-corrected chi connectivity index (χ3v) is 7.33. The Labute approximate surface area is 226 Å². The lowest BCUT2D eigenvalue weighted by molar-refractivity contribution is -0.384. The van der Waals surface area contributed by atoms with Crippen LogP contribution in [0.4, 0.5) is 10.5 Å². The molecule has 0 aromatic heterocycles. The van der Waals surface area contributed by atoms with Crippen LogP contribution < -0.4 is 0 Å². The maximum absolute atomic E-state index is 13.1. The lowest BCUT2D eigenvalue weighted by Gasteiger charge is -2.28. The highest BCUT2D eigenvalue weighted by Crippen LogP contribution is 2.39. The van der Waals surface area contributed by atoms with Crippen LogP contribution in [0.15, 0.2) is 54.6 Å². The van der Waals surface area contributed by atoms with E-state index in [-0.39, 0.29) is 35.9 Å². The van der Waals surface area contributed by atoms with Crippen LogP contribution in [0.1, 0.15) is 50.2 Å². The van der Waals surface area contributed by atoms with Gasteiger partial charge in [-0.3, -0.25) is 14.9 Å². The van der Waals surface area contributed by atoms with E-state index in [0.717, 1.165) is 5.56 Å². The molecule has 4 atom stereocenters. The number of nitro groups is 1. The van der Waals surface area contributed by atoms with Crippen LogP contribution in [-0.2, 0) is 25.6 Å². The third kappa shape index (κ3) is 8.44. The number of aliphatic hydroxyl groups excluding tert-OH is 1. The van der Waals surface area contributed by atoms with Crippen LogP contribution in [0, 0.1) is 10.1 Å². The second-order valence-corrected chi connectivity index (χ2v) is 11.4. The van der Waals surface area contributed by atoms with Crippen LogP contribution >= 0.6 is 11.8 Å². The maximum Gasteiger partial charge on any atom is 0.410 e. The Morgan fingerprint density at radius 3 is 2.39 bits per heavy atom. The average Bonchev–Trinajstić information content (AvgIpc) is 3.29. The number of nitrogens with zero attached hydrogens (tertiary/aromatic N) is 2. The zero-order valence-corrected chi connectivity index (χ0v) is 22.8. The molecule has 3 rings (SSSR count). The summed E-state index contributed by atoms with van der Waals surface area (Å²) in [5.74, 6) is -0.556. The number of ether oxygens (including phenoxy) is 3. The van der Waals surface area contributed by atoms with Crippen molar-refractivity contribution in [3.8, 4) is 0 Å². The summed E-state index contributed by atoms with van der Waals surface area (Å²) in [6.45, 7) is 5.43. The fraction of sp³-hybridized carbons (Fsp3) is 0.481. The molecule has 10 nitrogen and oxygen atoms in total. The number of benzene rings is 2. The molecule has 0 saturated carbocycles. The number of esters is 1. The second-order valence-electron chi connectivity index (χ2n) is 10.0. The van der Waals surface area contributed by atoms with Crippen molar-refractivity contribution >= 4 is 29.5 Å². The molecule has 1 N–H and O–H groups in total. The van der Waals surface area contributed by atoms with E-state index >= 15 is 0 Å². The van der Waals surface area contributed by atoms with Gasteiger partial charge in [0.05, 0.1) is 23.5 Å². The smallest absolute Gasteiger partial charge is 0.410 e. The molecule has 2 aromatic rings. The molecule has 0 bridgehead atoms. The Balaban J connectivity index is 1.71. The van der Waals surface area contributed by atoms with Crippen molar-refractivity contribution in [1.29, 1.82) is 0 Å². The van der Waals surface area contributed by atoms with Crippen LogP contribution in [0.2, 0.25) is 0 Å². The molecule has 206 valence electrons. The summed E-state index contributed by atoms with van der Waals surface area (Å²) in [5, 5.41) is 21.8. The minimum absolute atomic E-state index is 0.0593. The number of carbonyl (C=O) groups excluding carboxylic acids is 2. The average molecular weight is 547 g/mol. The molecule has 0 spiro atoms. The number of aliphatic hydroxyl groups is 1. The number of hydrogen-bond acceptors (Lipinski definition) is 9. The number of non-ortho nitro benzene ring substituents is 1. The summed E-state index contributed by atoms with van der Waals surface area (Å²) in [5.41, 5.74) is 0.528. The van der Waals surface area contributed by atoms with Gasteiger partial charge >= 0.3 is 12.1 Å². The predicted octanol–water partition coefficient (Wildman–Crippen LogP) is 4.85. The number of thioether (sulfide) groups is 1. The van der Waals surface area contributed by atoms with Crippen molar-refractivity contribution in [1.82, 2.24) is 4.90 Å². The fourth-order valence-electron chi connectivity index (χ4n) is 4.19. The van der Waals surface area contributed by atoms with Gasteiger partial charge in [0.1, 0.15) is 17.6 Å². The molecular formula is C27H34N2O8S. The van der Waals surface area contributed by atoms with Crippen LogP contribution in [0.5, 0.6) is 0 Å². The van der Waals surface area contributed by atoms with Crippen molar-refractivity contribution in [3.63, 3.8) is 0 Å². The fourth-order valence-corrected chi connectivity index (χ4v) is 5.52. The number of nitro benzene ring substituents is 1. The lowest BCUT2D eigenvalue weighted by atomic mass is 10.1. The minimum atomic E-state index is -1.15. The molecule has 1 aliphatic rings. The lowest BCUT2D eigenvalue weighted by Crippen LogP contribution is -2.44. The normalized spacial score (nSPS) is 19.0. The van der Waals surface area contributed by atoms with Gasteiger partial charge in [0.15, 0.2) is 0 Å². The molecule has 2 aromatic carbocycles. The first-order valence-electron chi connectivity index (χ1n) is 12.3. The molecule has 1 aliphatic heterocycles. The Kier molecular flexibility index (Phi) is 10.1. The van der Waals surface area contributed by atoms with Gasteiger partial charge < -0.3 is 24.2 Å². The van der Waals surface area contributed by atoms with E-state index in [0.29, 0.717) is 12.0 Å². The Morgan fingerprint density at radius 1 is 1.16 bits per heavy atom. The van der Waals surface area contributed by atoms with Gasteiger partial charge in [-0.2, -0.15) is 0 Å². The first kappa shape index (κ1) is 29.4. The van der Waals surface area contributed by atoms with Gasteiger partial charge in [-0.05, 0) is 50.5 Å². The van der Waals surface area contributed by atoms with Gasteiger partial charge in [-0.15, -0.1) is 11.8 Å². The van der Waals surface area contributed by atoms with Gasteiger partial charge in [-0.1, -0.05) is 30.3 Å². The van der Waals surface area contributed by atoms with E-state index in [1.165, 1.54) is 40.9 Å². The minimum Gasteiger partial charge on any atom is -0.460 e. The monoisotopic (exact) mass is 546 g/mol. The Hall–Kier alpha value is -3.15. The van der Waals surface area contributed by atoms with E-state index in [1.807, 2.05) is 30.3 Å². The molecule has 0 radical (unpaired) electrons. The molecule has 38 heavy (non-hydrogen) atoms. The van der Waals surface area contributed by atoms with E-state index in [9.17, 15) is 24.8 Å². The summed E-state index contributed by atoms with van der Waals surface area (Å²) in [6.07, 6.45) is -1.64. The van der Waals surface area contributed by atoms with Crippen molar-refractivity contribution in [2.75, 3.05) is 13.7 Å². The van der Waals surface area contributed by atoms with Crippen molar-refractivity contribution < 1.29 is 33.8 Å². The summed E-state index contributed by atoms with van der Waals surface area (Å²) >= 11 is 1.53. The van der Waals surface area contributed by atoms with Crippen molar-refractivity contribution in [2.45, 2.75) is 68.7 Å². The first-order chi connectivity index (χ1) is 18.0. The largest absolute Gasteiger partial charge is 0.460 e. The topological polar surface area (TPSA) is 128 Å². The van der Waals surface area contributed by atoms with Gasteiger partial charge in [0, 0.05) is 31.0 Å². The maximum atomic E-state index is 13.1. The molecule has 2 unspecified atom stereocenters. The van der Waals surface area contributed by atoms with E-state index in [1.54, 1.807) is 27.9 Å². The zero-order chi connectivity index (χ0) is 27.9. The predicted molar refractivity (Wildman–Crippen MR) is 142 cm³/mol. The molecule has 1 amide bonds. The molecule has 1 saturated heterocycles. The summed E-state index contributed by atoms with van der Waals surface area (Å²) in [7, 11) is 1.62. The Bertz CT molecular complexity index is 1090. The standard InChI is InChI=1S/C27H34N2O8S/c1-27(2,3)37-24(31)15-23(30)22-14-21(38-25(35-4)19-8-6-5-7-9-19)16-28(22)26(32)36-17-18-10-12-20(13-11-18)29(33)34/h5-13,21-23,25,30H,14-17H2,1-4H3/t21-,22-,23?,25?/m0/s1. The first-order valence-corrected chi connectivity index (χ1v) is 13.2. The highest BCUT2D eigenvalue weighted by Gasteiger charge is 2.42. The number of hydrogen-bond donors (Lipinski definition) is 1. The summed E-state index contributed by atoms with van der Waals surface area (Å²) in [6, 6.07) is 14.7.